The van der Waals surface area contributed by atoms with Gasteiger partial charge in [0.1, 0.15) is 28.9 Å². The van der Waals surface area contributed by atoms with Gasteiger partial charge >= 0.3 is 0 Å². The molecule has 4 rings (SSSR count). The van der Waals surface area contributed by atoms with E-state index in [0.29, 0.717) is 41.6 Å². The molecular formula is C22H24N4O4. The second-order valence-electron chi connectivity index (χ2n) is 7.72. The van der Waals surface area contributed by atoms with Crippen LogP contribution in [-0.4, -0.2) is 63.2 Å². The zero-order valence-electron chi connectivity index (χ0n) is 17.4. The number of carbonyl (C=O) groups excluding carboxylic acids is 2. The van der Waals surface area contributed by atoms with Crippen molar-refractivity contribution in [3.05, 3.63) is 65.0 Å². The van der Waals surface area contributed by atoms with Crippen molar-refractivity contribution in [2.45, 2.75) is 19.9 Å². The first-order chi connectivity index (χ1) is 14.3. The molecule has 0 spiro atoms. The van der Waals surface area contributed by atoms with E-state index in [2.05, 4.69) is 4.98 Å². The summed E-state index contributed by atoms with van der Waals surface area (Å²) in [5.74, 6) is -0.525. The molecule has 0 radical (unpaired) electrons. The Morgan fingerprint density at radius 3 is 2.63 bits per heavy atom. The fraction of sp³-hybridized carbons (Fsp3) is 0.318. The van der Waals surface area contributed by atoms with Crippen molar-refractivity contribution in [1.82, 2.24) is 19.2 Å². The molecule has 4 heterocycles. The number of amides is 1. The highest BCUT2D eigenvalue weighted by Gasteiger charge is 2.47. The topological polar surface area (TPSA) is 91.3 Å². The summed E-state index contributed by atoms with van der Waals surface area (Å²) in [6.45, 7) is 4.45. The van der Waals surface area contributed by atoms with E-state index in [0.717, 1.165) is 0 Å². The highest BCUT2D eigenvalue weighted by Crippen LogP contribution is 2.40. The van der Waals surface area contributed by atoms with Crippen LogP contribution in [0.5, 0.6) is 0 Å². The van der Waals surface area contributed by atoms with Crippen LogP contribution in [-0.2, 0) is 9.59 Å². The average Bonchev–Trinajstić information content (AvgIpc) is 3.34. The first kappa shape index (κ1) is 19.9. The van der Waals surface area contributed by atoms with Gasteiger partial charge in [-0.3, -0.25) is 14.0 Å². The third kappa shape index (κ3) is 3.19. The van der Waals surface area contributed by atoms with E-state index >= 15 is 0 Å². The number of Topliss-reactive ketones (excluding diaryl/α,β-unsaturated/α-hetero) is 1. The number of aliphatic hydroxyl groups is 1. The standard InChI is InChI=1S/C22H24N4O4/c1-13-8-9-15(30-13)19-17(21(28)22(29)26(19)12-11-24(3)4)20(27)18-14(2)23-16-7-5-6-10-25(16)18/h5-10,19,27H,11-12H2,1-4H3/b20-17+/t19-/m0/s1. The van der Waals surface area contributed by atoms with Crippen molar-refractivity contribution in [3.63, 3.8) is 0 Å². The van der Waals surface area contributed by atoms with Gasteiger partial charge in [-0.1, -0.05) is 6.07 Å². The Balaban J connectivity index is 1.91. The summed E-state index contributed by atoms with van der Waals surface area (Å²) in [6, 6.07) is 8.19. The Morgan fingerprint density at radius 2 is 1.97 bits per heavy atom. The lowest BCUT2D eigenvalue weighted by Gasteiger charge is -2.24. The van der Waals surface area contributed by atoms with Crippen molar-refractivity contribution in [1.29, 1.82) is 0 Å². The number of hydrogen-bond donors (Lipinski definition) is 1. The molecule has 1 N–H and O–H groups in total. The number of aromatic nitrogens is 2. The molecule has 1 saturated heterocycles. The summed E-state index contributed by atoms with van der Waals surface area (Å²) in [6.07, 6.45) is 1.76. The average molecular weight is 408 g/mol. The van der Waals surface area contributed by atoms with Crippen LogP contribution in [0, 0.1) is 13.8 Å². The van der Waals surface area contributed by atoms with Gasteiger partial charge in [-0.2, -0.15) is 0 Å². The summed E-state index contributed by atoms with van der Waals surface area (Å²) in [5.41, 5.74) is 1.61. The van der Waals surface area contributed by atoms with Gasteiger partial charge in [0.2, 0.25) is 0 Å². The monoisotopic (exact) mass is 408 g/mol. The second kappa shape index (κ2) is 7.46. The van der Waals surface area contributed by atoms with Crippen LogP contribution >= 0.6 is 0 Å². The molecule has 1 aliphatic rings. The molecule has 1 amide bonds. The summed E-state index contributed by atoms with van der Waals surface area (Å²) in [7, 11) is 3.79. The maximum absolute atomic E-state index is 13.0. The molecule has 8 heteroatoms. The Labute approximate surface area is 174 Å². The number of likely N-dealkylation sites (N-methyl/N-ethyl adjacent to an activating group) is 1. The molecule has 0 unspecified atom stereocenters. The van der Waals surface area contributed by atoms with Gasteiger partial charge in [-0.25, -0.2) is 4.98 Å². The molecule has 1 fully saturated rings. The van der Waals surface area contributed by atoms with Crippen LogP contribution in [0.1, 0.15) is 29.0 Å². The number of aliphatic hydroxyl groups excluding tert-OH is 1. The number of rotatable bonds is 5. The minimum absolute atomic E-state index is 0.0156. The van der Waals surface area contributed by atoms with Crippen LogP contribution in [0.3, 0.4) is 0 Å². The highest BCUT2D eigenvalue weighted by molar-refractivity contribution is 6.46. The number of aryl methyl sites for hydroxylation is 2. The van der Waals surface area contributed by atoms with E-state index in [9.17, 15) is 14.7 Å². The lowest BCUT2D eigenvalue weighted by atomic mass is 10.0. The molecule has 1 atom stereocenters. The molecule has 0 bridgehead atoms. The summed E-state index contributed by atoms with van der Waals surface area (Å²) >= 11 is 0. The third-order valence-electron chi connectivity index (χ3n) is 5.29. The lowest BCUT2D eigenvalue weighted by Crippen LogP contribution is -2.35. The van der Waals surface area contributed by atoms with Crippen LogP contribution in [0.4, 0.5) is 0 Å². The smallest absolute Gasteiger partial charge is 0.295 e. The molecular weight excluding hydrogens is 384 g/mol. The van der Waals surface area contributed by atoms with Crippen LogP contribution in [0.25, 0.3) is 11.4 Å². The van der Waals surface area contributed by atoms with Crippen LogP contribution in [0.2, 0.25) is 0 Å². The Kier molecular flexibility index (Phi) is 4.95. The minimum atomic E-state index is -0.799. The zero-order chi connectivity index (χ0) is 21.6. The Hall–Kier alpha value is -3.39. The molecule has 3 aromatic heterocycles. The van der Waals surface area contributed by atoms with E-state index in [4.69, 9.17) is 4.42 Å². The largest absolute Gasteiger partial charge is 0.505 e. The number of imidazole rings is 1. The van der Waals surface area contributed by atoms with E-state index in [1.165, 1.54) is 4.90 Å². The molecule has 0 aliphatic carbocycles. The van der Waals surface area contributed by atoms with E-state index < -0.39 is 17.7 Å². The van der Waals surface area contributed by atoms with E-state index in [1.54, 1.807) is 36.6 Å². The molecule has 0 aromatic carbocycles. The quantitative estimate of drug-likeness (QED) is 0.396. The first-order valence-electron chi connectivity index (χ1n) is 9.73. The number of fused-ring (bicyclic) bond motifs is 1. The van der Waals surface area contributed by atoms with Gasteiger partial charge < -0.3 is 19.3 Å². The fourth-order valence-corrected chi connectivity index (χ4v) is 3.84. The van der Waals surface area contributed by atoms with Crippen LogP contribution < -0.4 is 0 Å². The SMILES string of the molecule is Cc1ccc([C@H]2/C(=C(\O)c3c(C)nc4ccccn34)C(=O)C(=O)N2CCN(C)C)o1. The van der Waals surface area contributed by atoms with Gasteiger partial charge in [0.05, 0.1) is 11.3 Å². The first-order valence-corrected chi connectivity index (χ1v) is 9.73. The molecule has 156 valence electrons. The lowest BCUT2D eigenvalue weighted by molar-refractivity contribution is -0.140. The van der Waals surface area contributed by atoms with Gasteiger partial charge in [-0.05, 0) is 52.2 Å². The summed E-state index contributed by atoms with van der Waals surface area (Å²) in [5, 5.41) is 11.3. The third-order valence-corrected chi connectivity index (χ3v) is 5.29. The van der Waals surface area contributed by atoms with Crippen molar-refractivity contribution >= 4 is 23.1 Å². The molecule has 3 aromatic rings. The maximum Gasteiger partial charge on any atom is 0.295 e. The Bertz CT molecular complexity index is 1170. The number of hydrogen-bond acceptors (Lipinski definition) is 6. The molecule has 1 aliphatic heterocycles. The predicted octanol–water partition coefficient (Wildman–Crippen LogP) is 2.53. The van der Waals surface area contributed by atoms with Crippen LogP contribution in [0.15, 0.2) is 46.5 Å². The normalized spacial score (nSPS) is 18.8. The molecule has 8 nitrogen and oxygen atoms in total. The van der Waals surface area contributed by atoms with Gasteiger partial charge in [0, 0.05) is 19.3 Å². The number of nitrogens with zero attached hydrogens (tertiary/aromatic N) is 4. The van der Waals surface area contributed by atoms with Crippen molar-refractivity contribution in [2.75, 3.05) is 27.2 Å². The number of pyridine rings is 1. The van der Waals surface area contributed by atoms with E-state index in [-0.39, 0.29) is 11.3 Å². The number of ketones is 1. The van der Waals surface area contributed by atoms with Gasteiger partial charge in [0.15, 0.2) is 5.76 Å². The van der Waals surface area contributed by atoms with Gasteiger partial charge in [0.25, 0.3) is 11.7 Å². The summed E-state index contributed by atoms with van der Waals surface area (Å²) < 4.78 is 7.50. The number of carbonyl (C=O) groups is 2. The number of furan rings is 1. The van der Waals surface area contributed by atoms with Gasteiger partial charge in [-0.15, -0.1) is 0 Å². The second-order valence-corrected chi connectivity index (χ2v) is 7.72. The molecule has 30 heavy (non-hydrogen) atoms. The van der Waals surface area contributed by atoms with E-state index in [1.807, 2.05) is 37.2 Å². The number of likely N-dealkylation sites (tertiary alicyclic amines) is 1. The zero-order valence-corrected chi connectivity index (χ0v) is 17.4. The van der Waals surface area contributed by atoms with Crippen molar-refractivity contribution in [2.24, 2.45) is 0 Å². The fourth-order valence-electron chi connectivity index (χ4n) is 3.84. The maximum atomic E-state index is 13.0. The minimum Gasteiger partial charge on any atom is -0.505 e. The molecule has 0 saturated carbocycles. The highest BCUT2D eigenvalue weighted by atomic mass is 16.3. The van der Waals surface area contributed by atoms with Crippen molar-refractivity contribution in [3.8, 4) is 0 Å². The summed E-state index contributed by atoms with van der Waals surface area (Å²) in [4.78, 5) is 33.8. The predicted molar refractivity (Wildman–Crippen MR) is 111 cm³/mol. The Morgan fingerprint density at radius 1 is 1.20 bits per heavy atom. The van der Waals surface area contributed by atoms with Crippen molar-refractivity contribution < 1.29 is 19.1 Å².